The molecule has 0 aliphatic rings. The first kappa shape index (κ1) is 21.2. The third-order valence-corrected chi connectivity index (χ3v) is 6.99. The highest BCUT2D eigenvalue weighted by molar-refractivity contribution is 7.91. The Morgan fingerprint density at radius 2 is 1.83 bits per heavy atom. The van der Waals surface area contributed by atoms with E-state index in [-0.39, 0.29) is 20.1 Å². The Bertz CT molecular complexity index is 1130. The van der Waals surface area contributed by atoms with Crippen molar-refractivity contribution < 1.29 is 17.9 Å². The number of rotatable bonds is 7. The van der Waals surface area contributed by atoms with Crippen LogP contribution in [-0.4, -0.2) is 31.6 Å². The highest BCUT2D eigenvalue weighted by Crippen LogP contribution is 2.27. The van der Waals surface area contributed by atoms with Crippen molar-refractivity contribution in [2.45, 2.75) is 17.3 Å². The predicted molar refractivity (Wildman–Crippen MR) is 111 cm³/mol. The van der Waals surface area contributed by atoms with Gasteiger partial charge in [-0.1, -0.05) is 53.3 Å². The second kappa shape index (κ2) is 8.87. The van der Waals surface area contributed by atoms with E-state index < -0.39 is 22.0 Å². The van der Waals surface area contributed by atoms with Crippen LogP contribution in [0.3, 0.4) is 0 Å². The van der Waals surface area contributed by atoms with Crippen LogP contribution in [0.15, 0.2) is 52.9 Å². The molecule has 3 rings (SSSR count). The highest BCUT2D eigenvalue weighted by Gasteiger charge is 2.25. The zero-order valence-corrected chi connectivity index (χ0v) is 17.8. The summed E-state index contributed by atoms with van der Waals surface area (Å²) in [6.45, 7) is 1.69. The smallest absolute Gasteiger partial charge is 0.270 e. The minimum Gasteiger partial charge on any atom is -0.496 e. The van der Waals surface area contributed by atoms with Gasteiger partial charge in [-0.05, 0) is 25.1 Å². The van der Waals surface area contributed by atoms with E-state index >= 15 is 0 Å². The Morgan fingerprint density at radius 1 is 1.14 bits per heavy atom. The van der Waals surface area contributed by atoms with Gasteiger partial charge in [0.05, 0.1) is 17.7 Å². The summed E-state index contributed by atoms with van der Waals surface area (Å²) in [4.78, 5) is 12.3. The quantitative estimate of drug-likeness (QED) is 0.531. The van der Waals surface area contributed by atoms with E-state index in [0.29, 0.717) is 11.3 Å². The van der Waals surface area contributed by atoms with Gasteiger partial charge in [0.2, 0.25) is 9.47 Å². The minimum atomic E-state index is -3.96. The molecular weight excluding hydrogens is 436 g/mol. The van der Waals surface area contributed by atoms with Crippen LogP contribution < -0.4 is 14.8 Å². The first-order valence-electron chi connectivity index (χ1n) is 8.36. The maximum Gasteiger partial charge on any atom is 0.270 e. The molecule has 0 bridgehead atoms. The number of aromatic nitrogens is 2. The van der Waals surface area contributed by atoms with Crippen molar-refractivity contribution in [1.82, 2.24) is 14.9 Å². The Balaban J connectivity index is 1.75. The third-order valence-electron chi connectivity index (χ3n) is 3.91. The summed E-state index contributed by atoms with van der Waals surface area (Å²) >= 11 is 6.73. The summed E-state index contributed by atoms with van der Waals surface area (Å²) in [5.74, 6) is 0.0544. The van der Waals surface area contributed by atoms with E-state index in [9.17, 15) is 13.2 Å². The summed E-state index contributed by atoms with van der Waals surface area (Å²) in [5.41, 5.74) is 0.923. The van der Waals surface area contributed by atoms with Gasteiger partial charge in [-0.2, -0.15) is 0 Å². The maximum absolute atomic E-state index is 12.7. The molecular formula is C18H17ClN4O4S2. The van der Waals surface area contributed by atoms with Crippen LogP contribution in [0.25, 0.3) is 0 Å². The fraction of sp³-hybridized carbons (Fsp3) is 0.167. The number of ether oxygens (including phenoxy) is 1. The fourth-order valence-electron chi connectivity index (χ4n) is 2.55. The number of para-hydroxylation sites is 1. The maximum atomic E-state index is 12.7. The molecule has 1 atom stereocenters. The van der Waals surface area contributed by atoms with E-state index in [2.05, 4.69) is 20.2 Å². The number of carbonyl (C=O) groups excluding carboxylic acids is 1. The standard InChI is InChI=1S/C18H17ClN4O4S2/c1-11(12-7-4-6-10-15(12)27-2)23-29(25,26)18-22-21-17(28-18)20-16(24)13-8-3-5-9-14(13)19/h3-11,23H,1-2H3,(H,20,21,24). The second-order valence-corrected chi connectivity index (χ2v) is 9.16. The van der Waals surface area contributed by atoms with Gasteiger partial charge in [-0.15, -0.1) is 10.2 Å². The zero-order valence-electron chi connectivity index (χ0n) is 15.4. The molecule has 0 aliphatic heterocycles. The molecule has 1 heterocycles. The Kier molecular flexibility index (Phi) is 6.48. The number of methoxy groups -OCH3 is 1. The topological polar surface area (TPSA) is 110 Å². The van der Waals surface area contributed by atoms with Crippen molar-refractivity contribution in [1.29, 1.82) is 0 Å². The average molecular weight is 453 g/mol. The number of nitrogens with zero attached hydrogens (tertiary/aromatic N) is 2. The van der Waals surface area contributed by atoms with Gasteiger partial charge in [0.1, 0.15) is 5.75 Å². The number of halogens is 1. The van der Waals surface area contributed by atoms with Gasteiger partial charge in [0.25, 0.3) is 15.9 Å². The molecule has 3 aromatic rings. The number of sulfonamides is 1. The number of carbonyl (C=O) groups is 1. The van der Waals surface area contributed by atoms with Crippen LogP contribution >= 0.6 is 22.9 Å². The lowest BCUT2D eigenvalue weighted by atomic mass is 10.1. The van der Waals surface area contributed by atoms with E-state index in [1.54, 1.807) is 55.5 Å². The Hall–Kier alpha value is -2.53. The molecule has 0 fully saturated rings. The SMILES string of the molecule is COc1ccccc1C(C)NS(=O)(=O)c1nnc(NC(=O)c2ccccc2Cl)s1. The minimum absolute atomic E-state index is 0.0419. The van der Waals surface area contributed by atoms with Crippen LogP contribution in [0, 0.1) is 0 Å². The molecule has 2 aromatic carbocycles. The molecule has 2 N–H and O–H groups in total. The molecule has 8 nitrogen and oxygen atoms in total. The molecule has 1 aromatic heterocycles. The predicted octanol–water partition coefficient (Wildman–Crippen LogP) is 3.49. The van der Waals surface area contributed by atoms with Crippen molar-refractivity contribution in [2.24, 2.45) is 0 Å². The van der Waals surface area contributed by atoms with E-state index in [1.165, 1.54) is 7.11 Å². The molecule has 0 saturated carbocycles. The molecule has 0 radical (unpaired) electrons. The summed E-state index contributed by atoms with van der Waals surface area (Å²) in [5, 5.41) is 10.2. The number of hydrogen-bond acceptors (Lipinski definition) is 7. The number of amides is 1. The van der Waals surface area contributed by atoms with Crippen molar-refractivity contribution >= 4 is 44.0 Å². The van der Waals surface area contributed by atoms with Gasteiger partial charge in [0, 0.05) is 11.6 Å². The van der Waals surface area contributed by atoms with Crippen LogP contribution in [-0.2, 0) is 10.0 Å². The lowest BCUT2D eigenvalue weighted by Gasteiger charge is -2.16. The molecule has 0 spiro atoms. The van der Waals surface area contributed by atoms with Crippen molar-refractivity contribution in [2.75, 3.05) is 12.4 Å². The summed E-state index contributed by atoms with van der Waals surface area (Å²) in [6, 6.07) is 13.0. The molecule has 1 unspecified atom stereocenters. The van der Waals surface area contributed by atoms with Gasteiger partial charge >= 0.3 is 0 Å². The van der Waals surface area contributed by atoms with Gasteiger partial charge in [0.15, 0.2) is 0 Å². The molecule has 0 aliphatic carbocycles. The second-order valence-electron chi connectivity index (χ2n) is 5.89. The van der Waals surface area contributed by atoms with Crippen LogP contribution in [0.1, 0.15) is 28.9 Å². The molecule has 152 valence electrons. The number of hydrogen-bond donors (Lipinski definition) is 2. The molecule has 29 heavy (non-hydrogen) atoms. The van der Waals surface area contributed by atoms with Crippen LogP contribution in [0.4, 0.5) is 5.13 Å². The van der Waals surface area contributed by atoms with Gasteiger partial charge in [-0.25, -0.2) is 13.1 Å². The molecule has 1 amide bonds. The summed E-state index contributed by atoms with van der Waals surface area (Å²) < 4.78 is 32.9. The lowest BCUT2D eigenvalue weighted by molar-refractivity contribution is 0.102. The van der Waals surface area contributed by atoms with Crippen molar-refractivity contribution in [3.8, 4) is 5.75 Å². The van der Waals surface area contributed by atoms with Crippen LogP contribution in [0.2, 0.25) is 5.02 Å². The Morgan fingerprint density at radius 3 is 2.55 bits per heavy atom. The van der Waals surface area contributed by atoms with Crippen LogP contribution in [0.5, 0.6) is 5.75 Å². The summed E-state index contributed by atoms with van der Waals surface area (Å²) in [7, 11) is -2.45. The number of benzene rings is 2. The monoisotopic (exact) mass is 452 g/mol. The summed E-state index contributed by atoms with van der Waals surface area (Å²) in [6.07, 6.45) is 0. The number of nitrogens with one attached hydrogen (secondary N) is 2. The average Bonchev–Trinajstić information content (AvgIpc) is 3.17. The largest absolute Gasteiger partial charge is 0.496 e. The molecule has 11 heteroatoms. The van der Waals surface area contributed by atoms with Crippen molar-refractivity contribution in [3.63, 3.8) is 0 Å². The lowest BCUT2D eigenvalue weighted by Crippen LogP contribution is -2.27. The van der Waals surface area contributed by atoms with E-state index in [4.69, 9.17) is 16.3 Å². The first-order valence-corrected chi connectivity index (χ1v) is 11.0. The van der Waals surface area contributed by atoms with Gasteiger partial charge < -0.3 is 4.74 Å². The zero-order chi connectivity index (χ0) is 21.0. The van der Waals surface area contributed by atoms with Gasteiger partial charge in [-0.3, -0.25) is 10.1 Å². The van der Waals surface area contributed by atoms with Crippen molar-refractivity contribution in [3.05, 3.63) is 64.7 Å². The number of anilines is 1. The fourth-order valence-corrected chi connectivity index (χ4v) is 4.90. The van der Waals surface area contributed by atoms with E-state index in [1.807, 2.05) is 0 Å². The Labute approximate surface area is 176 Å². The van der Waals surface area contributed by atoms with E-state index in [0.717, 1.165) is 11.3 Å². The normalized spacial score (nSPS) is 12.4. The third kappa shape index (κ3) is 4.91. The molecule has 0 saturated heterocycles. The highest BCUT2D eigenvalue weighted by atomic mass is 35.5. The first-order chi connectivity index (χ1) is 13.8.